The molecule has 6 rings (SSSR count). The molecule has 0 amide bonds. The molecule has 5 aromatic rings. The van der Waals surface area contributed by atoms with Crippen LogP contribution in [0.1, 0.15) is 108 Å². The summed E-state index contributed by atoms with van der Waals surface area (Å²) in [4.78, 5) is 24.5. The zero-order valence-corrected chi connectivity index (χ0v) is 36.1. The van der Waals surface area contributed by atoms with Crippen LogP contribution in [0.15, 0.2) is 141 Å². The van der Waals surface area contributed by atoms with Crippen LogP contribution in [0.3, 0.4) is 0 Å². The average molecular weight is 793 g/mol. The highest BCUT2D eigenvalue weighted by Crippen LogP contribution is 2.56. The fraction of sp³-hybridized carbons (Fsp3) is 0.358. The molecule has 0 saturated heterocycles. The molecule has 0 aliphatic heterocycles. The van der Waals surface area contributed by atoms with Gasteiger partial charge in [-0.1, -0.05) is 104 Å². The second kappa shape index (κ2) is 17.1. The Bertz CT molecular complexity index is 2200. The van der Waals surface area contributed by atoms with E-state index < -0.39 is 27.8 Å². The summed E-state index contributed by atoms with van der Waals surface area (Å²) in [7, 11) is 0. The monoisotopic (exact) mass is 792 g/mol. The first-order valence-electron chi connectivity index (χ1n) is 20.7. The van der Waals surface area contributed by atoms with E-state index in [0.29, 0.717) is 26.1 Å². The first-order valence-corrected chi connectivity index (χ1v) is 20.7. The number of rotatable bonds is 19. The van der Waals surface area contributed by atoms with Crippen LogP contribution in [0, 0.1) is 0 Å². The molecule has 1 aliphatic carbocycles. The Balaban J connectivity index is 1.31. The van der Waals surface area contributed by atoms with Crippen molar-refractivity contribution in [3.05, 3.63) is 168 Å². The average Bonchev–Trinajstić information content (AvgIpc) is 3.56. The van der Waals surface area contributed by atoms with Crippen molar-refractivity contribution >= 4 is 22.3 Å². The summed E-state index contributed by atoms with van der Waals surface area (Å²) in [6, 6.07) is 41.4. The van der Waals surface area contributed by atoms with Gasteiger partial charge in [0.15, 0.2) is 11.6 Å². The molecule has 5 aromatic carbocycles. The lowest BCUT2D eigenvalue weighted by molar-refractivity contribution is -0.136. The number of carbonyl (C=O) groups is 2. The first kappa shape index (κ1) is 43.3. The maximum Gasteiger partial charge on any atom is 0.186 e. The molecule has 59 heavy (non-hydrogen) atoms. The molecule has 0 aromatic heterocycles. The Morgan fingerprint density at radius 2 is 1.07 bits per heavy atom. The number of ether oxygens (including phenoxy) is 4. The van der Waals surface area contributed by atoms with Crippen molar-refractivity contribution in [1.82, 2.24) is 0 Å². The minimum absolute atomic E-state index is 0.146. The quantitative estimate of drug-likeness (QED) is 0.0776. The normalized spacial score (nSPS) is 15.4. The van der Waals surface area contributed by atoms with E-state index >= 15 is 0 Å². The third-order valence-electron chi connectivity index (χ3n) is 11.9. The van der Waals surface area contributed by atoms with Crippen molar-refractivity contribution in [1.29, 1.82) is 0 Å². The number of benzene rings is 5. The molecule has 6 nitrogen and oxygen atoms in total. The van der Waals surface area contributed by atoms with E-state index in [1.54, 1.807) is 27.7 Å². The highest BCUT2D eigenvalue weighted by atomic mass is 16.5. The molecule has 6 heteroatoms. The number of ketones is 2. The van der Waals surface area contributed by atoms with Gasteiger partial charge < -0.3 is 18.9 Å². The largest absolute Gasteiger partial charge is 0.488 e. The number of fused-ring (bicyclic) bond motifs is 2. The molecule has 0 radical (unpaired) electrons. The van der Waals surface area contributed by atoms with Crippen LogP contribution in [0.2, 0.25) is 0 Å². The summed E-state index contributed by atoms with van der Waals surface area (Å²) < 4.78 is 25.0. The van der Waals surface area contributed by atoms with Crippen molar-refractivity contribution in [2.24, 2.45) is 0 Å². The van der Waals surface area contributed by atoms with Crippen molar-refractivity contribution in [2.45, 2.75) is 108 Å². The predicted octanol–water partition coefficient (Wildman–Crippen LogP) is 11.9. The van der Waals surface area contributed by atoms with E-state index in [1.165, 1.54) is 50.7 Å². The third kappa shape index (κ3) is 9.61. The topological polar surface area (TPSA) is 71.1 Å². The molecule has 0 spiro atoms. The van der Waals surface area contributed by atoms with E-state index in [-0.39, 0.29) is 17.5 Å². The zero-order chi connectivity index (χ0) is 42.6. The van der Waals surface area contributed by atoms with Gasteiger partial charge in [0.1, 0.15) is 33.9 Å². The van der Waals surface area contributed by atoms with Gasteiger partial charge in [0.05, 0.1) is 13.2 Å². The lowest BCUT2D eigenvalue weighted by Gasteiger charge is -2.34. The van der Waals surface area contributed by atoms with Crippen molar-refractivity contribution in [2.75, 3.05) is 13.2 Å². The maximum atomic E-state index is 12.2. The van der Waals surface area contributed by atoms with Crippen LogP contribution >= 0.6 is 0 Å². The van der Waals surface area contributed by atoms with E-state index in [2.05, 4.69) is 128 Å². The van der Waals surface area contributed by atoms with Gasteiger partial charge in [-0.25, -0.2) is 0 Å². The molecule has 0 heterocycles. The second-order valence-corrected chi connectivity index (χ2v) is 18.0. The summed E-state index contributed by atoms with van der Waals surface area (Å²) >= 11 is 0. The Morgan fingerprint density at radius 3 is 1.56 bits per heavy atom. The lowest BCUT2D eigenvalue weighted by Crippen LogP contribution is -2.37. The smallest absolute Gasteiger partial charge is 0.186 e. The molecular weight excluding hydrogens is 733 g/mol. The highest BCUT2D eigenvalue weighted by Gasteiger charge is 2.47. The fourth-order valence-corrected chi connectivity index (χ4v) is 8.24. The zero-order valence-electron chi connectivity index (χ0n) is 36.1. The molecular formula is C53H60O6. The molecule has 0 N–H and O–H groups in total. The van der Waals surface area contributed by atoms with Gasteiger partial charge in [-0.05, 0) is 137 Å². The SMILES string of the molecule is C=CC(=O)C(C)(C)OCCC(C)(C)Oc1ccc(C2(c3ccc(OC(C)(C)CCOC(C)(C)C(=O)C=C)cc3)CC(c3ccc4ccccc4c3)c3ccccc32)cc1. The van der Waals surface area contributed by atoms with E-state index in [9.17, 15) is 9.59 Å². The summed E-state index contributed by atoms with van der Waals surface area (Å²) in [5.74, 6) is 1.40. The molecule has 308 valence electrons. The molecule has 0 saturated carbocycles. The Hall–Kier alpha value is -5.30. The van der Waals surface area contributed by atoms with E-state index in [0.717, 1.165) is 17.9 Å². The fourth-order valence-electron chi connectivity index (χ4n) is 8.24. The third-order valence-corrected chi connectivity index (χ3v) is 11.9. The second-order valence-electron chi connectivity index (χ2n) is 18.0. The van der Waals surface area contributed by atoms with Gasteiger partial charge in [0.2, 0.25) is 0 Å². The van der Waals surface area contributed by atoms with Crippen LogP contribution in [0.5, 0.6) is 11.5 Å². The van der Waals surface area contributed by atoms with Crippen LogP contribution in [-0.4, -0.2) is 47.2 Å². The molecule has 0 bridgehead atoms. The van der Waals surface area contributed by atoms with Gasteiger partial charge in [-0.3, -0.25) is 9.59 Å². The summed E-state index contributed by atoms with van der Waals surface area (Å²) in [6.45, 7) is 23.2. The van der Waals surface area contributed by atoms with Crippen LogP contribution in [0.4, 0.5) is 0 Å². The predicted molar refractivity (Wildman–Crippen MR) is 239 cm³/mol. The lowest BCUT2D eigenvalue weighted by atomic mass is 9.69. The number of hydrogen-bond donors (Lipinski definition) is 0. The summed E-state index contributed by atoms with van der Waals surface area (Å²) in [5.41, 5.74) is 2.83. The first-order chi connectivity index (χ1) is 27.9. The molecule has 1 aliphatic rings. The molecule has 1 unspecified atom stereocenters. The van der Waals surface area contributed by atoms with Crippen molar-refractivity contribution in [3.63, 3.8) is 0 Å². The van der Waals surface area contributed by atoms with E-state index in [1.807, 2.05) is 27.7 Å². The Labute approximate surface area is 351 Å². The maximum absolute atomic E-state index is 12.2. The molecule has 1 atom stereocenters. The van der Waals surface area contributed by atoms with Crippen LogP contribution in [0.25, 0.3) is 10.8 Å². The Morgan fingerprint density at radius 1 is 0.610 bits per heavy atom. The minimum atomic E-state index is -0.934. The standard InChI is InChI=1S/C53H60O6/c1-11-47(54)51(7,8)56-33-31-49(3,4)58-42-27-23-40(24-28-42)53(41-25-29-43(30-26-41)59-50(5,6)32-34-57-52(9,10)48(55)12-2)36-45(44-19-15-16-20-46(44)53)39-22-21-37-17-13-14-18-38(37)35-39/h11-30,35,45H,1-2,31-34,36H2,3-10H3. The Kier molecular flexibility index (Phi) is 12.6. The number of hydrogen-bond acceptors (Lipinski definition) is 6. The highest BCUT2D eigenvalue weighted by molar-refractivity contribution is 5.96. The van der Waals surface area contributed by atoms with Crippen LogP contribution < -0.4 is 9.47 Å². The van der Waals surface area contributed by atoms with Gasteiger partial charge in [0, 0.05) is 24.2 Å². The van der Waals surface area contributed by atoms with Gasteiger partial charge in [-0.15, -0.1) is 0 Å². The van der Waals surface area contributed by atoms with Crippen molar-refractivity contribution in [3.8, 4) is 11.5 Å². The summed E-state index contributed by atoms with van der Waals surface area (Å²) in [5, 5.41) is 2.46. The minimum Gasteiger partial charge on any atom is -0.488 e. The van der Waals surface area contributed by atoms with Crippen molar-refractivity contribution < 1.29 is 28.5 Å². The van der Waals surface area contributed by atoms with Gasteiger partial charge in [0.25, 0.3) is 0 Å². The number of carbonyl (C=O) groups excluding carboxylic acids is 2. The van der Waals surface area contributed by atoms with E-state index in [4.69, 9.17) is 18.9 Å². The van der Waals surface area contributed by atoms with Gasteiger partial charge in [-0.2, -0.15) is 0 Å². The van der Waals surface area contributed by atoms with Crippen LogP contribution in [-0.2, 0) is 24.5 Å². The summed E-state index contributed by atoms with van der Waals surface area (Å²) in [6.07, 6.45) is 4.65. The molecule has 0 fully saturated rings. The van der Waals surface area contributed by atoms with Gasteiger partial charge >= 0.3 is 0 Å².